The zero-order chi connectivity index (χ0) is 21.2. The van der Waals surface area contributed by atoms with Gasteiger partial charge in [0.25, 0.3) is 0 Å². The SMILES string of the molecule is C[C@@H](NS(=O)(=O)c1cccc(Cl)c1)C(=O)Nc1ccc(N2CCCC2=O)c(Cl)c1. The van der Waals surface area contributed by atoms with Crippen LogP contribution in [-0.2, 0) is 19.6 Å². The second kappa shape index (κ2) is 8.71. The molecule has 0 saturated carbocycles. The van der Waals surface area contributed by atoms with Crippen LogP contribution in [0.1, 0.15) is 19.8 Å². The quantitative estimate of drug-likeness (QED) is 0.697. The van der Waals surface area contributed by atoms with Crippen LogP contribution in [0.3, 0.4) is 0 Å². The molecule has 0 aliphatic carbocycles. The Kier molecular flexibility index (Phi) is 6.48. The molecule has 0 bridgehead atoms. The van der Waals surface area contributed by atoms with Crippen molar-refractivity contribution in [3.05, 3.63) is 52.5 Å². The van der Waals surface area contributed by atoms with Gasteiger partial charge in [0.15, 0.2) is 0 Å². The summed E-state index contributed by atoms with van der Waals surface area (Å²) in [5, 5.41) is 3.22. The lowest BCUT2D eigenvalue weighted by molar-refractivity contribution is -0.118. The van der Waals surface area contributed by atoms with Gasteiger partial charge in [0, 0.05) is 23.7 Å². The van der Waals surface area contributed by atoms with Crippen molar-refractivity contribution < 1.29 is 18.0 Å². The van der Waals surface area contributed by atoms with Gasteiger partial charge in [0.05, 0.1) is 21.6 Å². The minimum absolute atomic E-state index is 0.00716. The van der Waals surface area contributed by atoms with Crippen LogP contribution in [0.5, 0.6) is 0 Å². The number of carbonyl (C=O) groups is 2. The van der Waals surface area contributed by atoms with Crippen LogP contribution >= 0.6 is 23.2 Å². The van der Waals surface area contributed by atoms with Crippen molar-refractivity contribution in [1.82, 2.24) is 4.72 Å². The second-order valence-electron chi connectivity index (χ2n) is 6.60. The first-order chi connectivity index (χ1) is 13.7. The summed E-state index contributed by atoms with van der Waals surface area (Å²) in [7, 11) is -3.92. The van der Waals surface area contributed by atoms with Gasteiger partial charge in [0.1, 0.15) is 0 Å². The van der Waals surface area contributed by atoms with Gasteiger partial charge in [-0.3, -0.25) is 9.59 Å². The van der Waals surface area contributed by atoms with Crippen LogP contribution < -0.4 is 14.9 Å². The van der Waals surface area contributed by atoms with Crippen LogP contribution in [-0.4, -0.2) is 32.8 Å². The Morgan fingerprint density at radius 2 is 1.93 bits per heavy atom. The molecule has 2 N–H and O–H groups in total. The highest BCUT2D eigenvalue weighted by Gasteiger charge is 2.25. The lowest BCUT2D eigenvalue weighted by atomic mass is 10.2. The number of rotatable bonds is 6. The number of amides is 2. The maximum atomic E-state index is 12.4. The summed E-state index contributed by atoms with van der Waals surface area (Å²) in [4.78, 5) is 25.9. The molecule has 154 valence electrons. The van der Waals surface area contributed by atoms with Crippen molar-refractivity contribution in [2.45, 2.75) is 30.7 Å². The molecule has 1 heterocycles. The number of hydrogen-bond donors (Lipinski definition) is 2. The van der Waals surface area contributed by atoms with Gasteiger partial charge in [-0.1, -0.05) is 29.3 Å². The van der Waals surface area contributed by atoms with Crippen LogP contribution in [0.25, 0.3) is 0 Å². The Hall–Kier alpha value is -2.13. The fourth-order valence-corrected chi connectivity index (χ4v) is 4.73. The number of sulfonamides is 1. The van der Waals surface area contributed by atoms with Crippen molar-refractivity contribution in [1.29, 1.82) is 0 Å². The van der Waals surface area contributed by atoms with E-state index in [9.17, 15) is 18.0 Å². The summed E-state index contributed by atoms with van der Waals surface area (Å²) in [5.74, 6) is -0.551. The number of halogens is 2. The molecule has 10 heteroatoms. The smallest absolute Gasteiger partial charge is 0.242 e. The number of carbonyl (C=O) groups excluding carboxylic acids is 2. The van der Waals surface area contributed by atoms with Crippen LogP contribution in [0.4, 0.5) is 11.4 Å². The summed E-state index contributed by atoms with van der Waals surface area (Å²) in [6.07, 6.45) is 1.26. The standard InChI is InChI=1S/C19H19Cl2N3O4S/c1-12(23-29(27,28)15-5-2-4-13(20)10-15)19(26)22-14-7-8-17(16(21)11-14)24-9-3-6-18(24)25/h2,4-5,7-8,10-12,23H,3,6,9H2,1H3,(H,22,26)/t12-/m1/s1. The average molecular weight is 456 g/mol. The van der Waals surface area contributed by atoms with Gasteiger partial charge in [-0.15, -0.1) is 0 Å². The lowest BCUT2D eigenvalue weighted by Crippen LogP contribution is -2.41. The van der Waals surface area contributed by atoms with Crippen molar-refractivity contribution in [2.24, 2.45) is 0 Å². The van der Waals surface area contributed by atoms with Crippen LogP contribution in [0, 0.1) is 0 Å². The molecule has 0 spiro atoms. The van der Waals surface area contributed by atoms with Crippen molar-refractivity contribution in [3.63, 3.8) is 0 Å². The number of nitrogens with one attached hydrogen (secondary N) is 2. The second-order valence-corrected chi connectivity index (χ2v) is 9.16. The van der Waals surface area contributed by atoms with E-state index in [-0.39, 0.29) is 15.8 Å². The Morgan fingerprint density at radius 1 is 1.17 bits per heavy atom. The predicted molar refractivity (Wildman–Crippen MR) is 113 cm³/mol. The first kappa shape index (κ1) is 21.6. The highest BCUT2D eigenvalue weighted by Crippen LogP contribution is 2.31. The summed E-state index contributed by atoms with van der Waals surface area (Å²) < 4.78 is 27.2. The maximum absolute atomic E-state index is 12.4. The van der Waals surface area contributed by atoms with Gasteiger partial charge in [-0.25, -0.2) is 8.42 Å². The van der Waals surface area contributed by atoms with Crippen molar-refractivity contribution >= 4 is 56.4 Å². The molecule has 29 heavy (non-hydrogen) atoms. The lowest BCUT2D eigenvalue weighted by Gasteiger charge is -2.19. The number of hydrogen-bond acceptors (Lipinski definition) is 4. The molecular formula is C19H19Cl2N3O4S. The zero-order valence-electron chi connectivity index (χ0n) is 15.5. The predicted octanol–water partition coefficient (Wildman–Crippen LogP) is 3.43. The van der Waals surface area contributed by atoms with E-state index in [0.717, 1.165) is 6.42 Å². The van der Waals surface area contributed by atoms with Crippen molar-refractivity contribution in [2.75, 3.05) is 16.8 Å². The third kappa shape index (κ3) is 5.08. The molecule has 1 aliphatic rings. The Bertz CT molecular complexity index is 1060. The third-order valence-electron chi connectivity index (χ3n) is 4.41. The largest absolute Gasteiger partial charge is 0.325 e. The van der Waals surface area contributed by atoms with Crippen molar-refractivity contribution in [3.8, 4) is 0 Å². The first-order valence-electron chi connectivity index (χ1n) is 8.86. The molecule has 1 aliphatic heterocycles. The Morgan fingerprint density at radius 3 is 2.55 bits per heavy atom. The third-order valence-corrected chi connectivity index (χ3v) is 6.49. The van der Waals surface area contributed by atoms with Gasteiger partial charge in [-0.2, -0.15) is 4.72 Å². The molecule has 0 radical (unpaired) electrons. The van der Waals surface area contributed by atoms with E-state index in [4.69, 9.17) is 23.2 Å². The topological polar surface area (TPSA) is 95.6 Å². The summed E-state index contributed by atoms with van der Waals surface area (Å²) in [6.45, 7) is 2.03. The summed E-state index contributed by atoms with van der Waals surface area (Å²) in [5.41, 5.74) is 0.978. The highest BCUT2D eigenvalue weighted by molar-refractivity contribution is 7.89. The van der Waals surface area contributed by atoms with Gasteiger partial charge in [0.2, 0.25) is 21.8 Å². The van der Waals surface area contributed by atoms with E-state index >= 15 is 0 Å². The molecule has 1 fully saturated rings. The monoisotopic (exact) mass is 455 g/mol. The molecule has 0 aromatic heterocycles. The van der Waals surface area contributed by atoms with E-state index in [0.29, 0.717) is 29.4 Å². The first-order valence-corrected chi connectivity index (χ1v) is 11.1. The normalized spacial score (nSPS) is 15.4. The molecule has 2 aromatic carbocycles. The summed E-state index contributed by atoms with van der Waals surface area (Å²) >= 11 is 12.1. The van der Waals surface area contributed by atoms with Gasteiger partial charge in [-0.05, 0) is 49.7 Å². The van der Waals surface area contributed by atoms with Gasteiger partial charge < -0.3 is 10.2 Å². The molecule has 0 unspecified atom stereocenters. The molecule has 1 atom stereocenters. The van der Waals surface area contributed by atoms with Crippen LogP contribution in [0.2, 0.25) is 10.0 Å². The molecule has 3 rings (SSSR count). The molecule has 7 nitrogen and oxygen atoms in total. The molecule has 1 saturated heterocycles. The van der Waals surface area contributed by atoms with Gasteiger partial charge >= 0.3 is 0 Å². The average Bonchev–Trinajstić information content (AvgIpc) is 3.07. The Labute approximate surface area is 179 Å². The fraction of sp³-hybridized carbons (Fsp3) is 0.263. The van der Waals surface area contributed by atoms with E-state index in [1.807, 2.05) is 0 Å². The summed E-state index contributed by atoms with van der Waals surface area (Å²) in [6, 6.07) is 9.50. The molecular weight excluding hydrogens is 437 g/mol. The zero-order valence-corrected chi connectivity index (χ0v) is 17.8. The Balaban J connectivity index is 1.68. The number of benzene rings is 2. The molecule has 2 aromatic rings. The maximum Gasteiger partial charge on any atom is 0.242 e. The van der Waals surface area contributed by atoms with E-state index < -0.39 is 22.0 Å². The fourth-order valence-electron chi connectivity index (χ4n) is 2.95. The van der Waals surface area contributed by atoms with E-state index in [1.165, 1.54) is 31.2 Å². The van der Waals surface area contributed by atoms with E-state index in [2.05, 4.69) is 10.0 Å². The van der Waals surface area contributed by atoms with Crippen LogP contribution in [0.15, 0.2) is 47.4 Å². The minimum Gasteiger partial charge on any atom is -0.325 e. The van der Waals surface area contributed by atoms with E-state index in [1.54, 1.807) is 23.1 Å². The molecule has 2 amide bonds. The number of nitrogens with zero attached hydrogens (tertiary/aromatic N) is 1. The highest BCUT2D eigenvalue weighted by atomic mass is 35.5. The minimum atomic E-state index is -3.92. The number of anilines is 2.